The summed E-state index contributed by atoms with van der Waals surface area (Å²) >= 11 is 0. The van der Waals surface area contributed by atoms with Crippen LogP contribution in [0.5, 0.6) is 5.75 Å². The number of nitrogens with one attached hydrogen (secondary N) is 1. The van der Waals surface area contributed by atoms with Crippen LogP contribution < -0.4 is 15.0 Å². The Bertz CT molecular complexity index is 494. The molecule has 3 heteroatoms. The molecule has 1 saturated carbocycles. The number of nitrogens with zero attached hydrogens (tertiary/aromatic N) is 1. The SMILES string of the molecule is COc1ccc(N2CC3(CCCCC3)NCC2C)cc1C. The van der Waals surface area contributed by atoms with E-state index < -0.39 is 0 Å². The van der Waals surface area contributed by atoms with Crippen LogP contribution in [0.15, 0.2) is 18.2 Å². The first-order valence-electron chi connectivity index (χ1n) is 8.30. The Hall–Kier alpha value is -1.22. The number of piperazine rings is 1. The van der Waals surface area contributed by atoms with Crippen molar-refractivity contribution in [1.82, 2.24) is 5.32 Å². The molecular weight excluding hydrogens is 260 g/mol. The second-order valence-corrected chi connectivity index (χ2v) is 6.85. The summed E-state index contributed by atoms with van der Waals surface area (Å²) in [6, 6.07) is 7.14. The van der Waals surface area contributed by atoms with E-state index in [1.165, 1.54) is 43.4 Å². The first kappa shape index (κ1) is 14.7. The molecule has 3 nitrogen and oxygen atoms in total. The first-order chi connectivity index (χ1) is 10.1. The lowest BCUT2D eigenvalue weighted by Gasteiger charge is -2.50. The van der Waals surface area contributed by atoms with Crippen LogP contribution in [0.1, 0.15) is 44.6 Å². The second-order valence-electron chi connectivity index (χ2n) is 6.85. The molecule has 1 unspecified atom stereocenters. The molecule has 0 bridgehead atoms. The van der Waals surface area contributed by atoms with Crippen molar-refractivity contribution < 1.29 is 4.74 Å². The Kier molecular flexibility index (Phi) is 4.12. The van der Waals surface area contributed by atoms with E-state index in [-0.39, 0.29) is 0 Å². The molecule has 1 N–H and O–H groups in total. The summed E-state index contributed by atoms with van der Waals surface area (Å²) in [5, 5.41) is 3.85. The smallest absolute Gasteiger partial charge is 0.121 e. The lowest BCUT2D eigenvalue weighted by molar-refractivity contribution is 0.200. The minimum atomic E-state index is 0.346. The van der Waals surface area contributed by atoms with Crippen LogP contribution in [0.2, 0.25) is 0 Å². The molecule has 21 heavy (non-hydrogen) atoms. The van der Waals surface area contributed by atoms with Gasteiger partial charge in [0.2, 0.25) is 0 Å². The van der Waals surface area contributed by atoms with Crippen LogP contribution in [-0.2, 0) is 0 Å². The van der Waals surface area contributed by atoms with Gasteiger partial charge in [0.25, 0.3) is 0 Å². The largest absolute Gasteiger partial charge is 0.496 e. The van der Waals surface area contributed by atoms with Gasteiger partial charge < -0.3 is 15.0 Å². The van der Waals surface area contributed by atoms with Crippen LogP contribution in [0.4, 0.5) is 5.69 Å². The molecule has 0 radical (unpaired) electrons. The second kappa shape index (κ2) is 5.88. The summed E-state index contributed by atoms with van der Waals surface area (Å²) in [7, 11) is 1.74. The van der Waals surface area contributed by atoms with E-state index >= 15 is 0 Å². The van der Waals surface area contributed by atoms with Gasteiger partial charge in [0.05, 0.1) is 7.11 Å². The highest BCUT2D eigenvalue weighted by Gasteiger charge is 2.38. The Balaban J connectivity index is 1.83. The molecule has 2 fully saturated rings. The number of hydrogen-bond acceptors (Lipinski definition) is 3. The number of hydrogen-bond donors (Lipinski definition) is 1. The van der Waals surface area contributed by atoms with E-state index in [2.05, 4.69) is 42.3 Å². The van der Waals surface area contributed by atoms with E-state index in [0.717, 1.165) is 18.8 Å². The van der Waals surface area contributed by atoms with E-state index in [1.54, 1.807) is 7.11 Å². The molecular formula is C18H28N2O. The molecule has 1 atom stereocenters. The Labute approximate surface area is 128 Å². The molecule has 1 heterocycles. The van der Waals surface area contributed by atoms with Crippen molar-refractivity contribution in [2.75, 3.05) is 25.1 Å². The average molecular weight is 288 g/mol. The van der Waals surface area contributed by atoms with Gasteiger partial charge in [0.15, 0.2) is 0 Å². The zero-order chi connectivity index (χ0) is 14.9. The molecule has 1 saturated heterocycles. The van der Waals surface area contributed by atoms with Crippen molar-refractivity contribution in [3.8, 4) is 5.75 Å². The van der Waals surface area contributed by atoms with Crippen LogP contribution in [0, 0.1) is 6.92 Å². The molecule has 1 spiro atoms. The molecule has 1 aromatic rings. The topological polar surface area (TPSA) is 24.5 Å². The van der Waals surface area contributed by atoms with Crippen LogP contribution >= 0.6 is 0 Å². The number of ether oxygens (including phenoxy) is 1. The molecule has 116 valence electrons. The van der Waals surface area contributed by atoms with Crippen molar-refractivity contribution in [2.45, 2.75) is 57.5 Å². The molecule has 1 aromatic carbocycles. The molecule has 3 rings (SSSR count). The minimum Gasteiger partial charge on any atom is -0.496 e. The van der Waals surface area contributed by atoms with Gasteiger partial charge in [-0.2, -0.15) is 0 Å². The van der Waals surface area contributed by atoms with Crippen LogP contribution in [0.25, 0.3) is 0 Å². The summed E-state index contributed by atoms with van der Waals surface area (Å²) in [5.41, 5.74) is 2.91. The van der Waals surface area contributed by atoms with E-state index in [1.807, 2.05) is 0 Å². The lowest BCUT2D eigenvalue weighted by Crippen LogP contribution is -2.64. The summed E-state index contributed by atoms with van der Waals surface area (Å²) in [4.78, 5) is 2.59. The highest BCUT2D eigenvalue weighted by molar-refractivity contribution is 5.54. The highest BCUT2D eigenvalue weighted by atomic mass is 16.5. The fourth-order valence-electron chi connectivity index (χ4n) is 3.96. The van der Waals surface area contributed by atoms with Gasteiger partial charge in [-0.1, -0.05) is 19.3 Å². The van der Waals surface area contributed by atoms with Gasteiger partial charge in [-0.3, -0.25) is 0 Å². The summed E-state index contributed by atoms with van der Waals surface area (Å²) in [6.07, 6.45) is 6.80. The van der Waals surface area contributed by atoms with Crippen molar-refractivity contribution >= 4 is 5.69 Å². The Morgan fingerprint density at radius 1 is 1.24 bits per heavy atom. The van der Waals surface area contributed by atoms with Gasteiger partial charge in [0.1, 0.15) is 5.75 Å². The van der Waals surface area contributed by atoms with Gasteiger partial charge in [-0.05, 0) is 50.5 Å². The van der Waals surface area contributed by atoms with Crippen molar-refractivity contribution in [2.24, 2.45) is 0 Å². The predicted molar refractivity (Wildman–Crippen MR) is 88.4 cm³/mol. The van der Waals surface area contributed by atoms with Gasteiger partial charge in [0, 0.05) is 30.4 Å². The predicted octanol–water partition coefficient (Wildman–Crippen LogP) is 3.50. The maximum atomic E-state index is 5.39. The summed E-state index contributed by atoms with van der Waals surface area (Å²) in [5.74, 6) is 0.980. The summed E-state index contributed by atoms with van der Waals surface area (Å²) in [6.45, 7) is 6.68. The maximum absolute atomic E-state index is 5.39. The number of anilines is 1. The molecule has 0 aromatic heterocycles. The first-order valence-corrected chi connectivity index (χ1v) is 8.30. The van der Waals surface area contributed by atoms with Crippen LogP contribution in [0.3, 0.4) is 0 Å². The number of benzene rings is 1. The Morgan fingerprint density at radius 2 is 2.00 bits per heavy atom. The third-order valence-electron chi connectivity index (χ3n) is 5.30. The van der Waals surface area contributed by atoms with Gasteiger partial charge in [-0.15, -0.1) is 0 Å². The van der Waals surface area contributed by atoms with E-state index in [9.17, 15) is 0 Å². The number of aryl methyl sites for hydroxylation is 1. The quantitative estimate of drug-likeness (QED) is 0.901. The maximum Gasteiger partial charge on any atom is 0.121 e. The minimum absolute atomic E-state index is 0.346. The number of methoxy groups -OCH3 is 1. The van der Waals surface area contributed by atoms with Crippen LogP contribution in [-0.4, -0.2) is 31.8 Å². The molecule has 1 aliphatic heterocycles. The molecule has 1 aliphatic carbocycles. The third kappa shape index (κ3) is 2.89. The monoisotopic (exact) mass is 288 g/mol. The zero-order valence-electron chi connectivity index (χ0n) is 13.6. The fourth-order valence-corrected chi connectivity index (χ4v) is 3.96. The Morgan fingerprint density at radius 3 is 2.67 bits per heavy atom. The summed E-state index contributed by atoms with van der Waals surface area (Å²) < 4.78 is 5.39. The normalized spacial score (nSPS) is 25.1. The standard InChI is InChI=1S/C18H28N2O/c1-14-11-16(7-8-17(14)21-3)20-13-18(19-12-15(20)2)9-5-4-6-10-18/h7-8,11,15,19H,4-6,9-10,12-13H2,1-3H3. The van der Waals surface area contributed by atoms with Crippen molar-refractivity contribution in [3.05, 3.63) is 23.8 Å². The molecule has 0 amide bonds. The van der Waals surface area contributed by atoms with E-state index in [0.29, 0.717) is 11.6 Å². The average Bonchev–Trinajstić information content (AvgIpc) is 2.51. The van der Waals surface area contributed by atoms with Crippen molar-refractivity contribution in [1.29, 1.82) is 0 Å². The molecule has 2 aliphatic rings. The van der Waals surface area contributed by atoms with E-state index in [4.69, 9.17) is 4.74 Å². The third-order valence-corrected chi connectivity index (χ3v) is 5.30. The van der Waals surface area contributed by atoms with Gasteiger partial charge in [-0.25, -0.2) is 0 Å². The lowest BCUT2D eigenvalue weighted by atomic mass is 9.79. The number of rotatable bonds is 2. The van der Waals surface area contributed by atoms with Crippen molar-refractivity contribution in [3.63, 3.8) is 0 Å². The zero-order valence-corrected chi connectivity index (χ0v) is 13.6. The highest BCUT2D eigenvalue weighted by Crippen LogP contribution is 2.35. The fraction of sp³-hybridized carbons (Fsp3) is 0.667. The van der Waals surface area contributed by atoms with Gasteiger partial charge >= 0.3 is 0 Å².